The summed E-state index contributed by atoms with van der Waals surface area (Å²) in [6, 6.07) is 2.07. The zero-order valence-corrected chi connectivity index (χ0v) is 6.01. The molecule has 0 bridgehead atoms. The highest BCUT2D eigenvalue weighted by atomic mass is 16.2. The molecule has 0 aliphatic carbocycles. The second-order valence-corrected chi connectivity index (χ2v) is 2.40. The number of hydrogen-bond donors (Lipinski definition) is 2. The Balaban J connectivity index is 2.15. The van der Waals surface area contributed by atoms with Gasteiger partial charge in [-0.15, -0.1) is 0 Å². The fourth-order valence-corrected chi connectivity index (χ4v) is 0.955. The summed E-state index contributed by atoms with van der Waals surface area (Å²) in [6.07, 6.45) is 6.98. The molecular weight excluding hydrogens is 126 g/mol. The fraction of sp³-hybridized carbons (Fsp3) is 0.500. The van der Waals surface area contributed by atoms with Gasteiger partial charge < -0.3 is 10.1 Å². The van der Waals surface area contributed by atoms with Crippen LogP contribution in [0.3, 0.4) is 0 Å². The van der Waals surface area contributed by atoms with Crippen molar-refractivity contribution in [3.05, 3.63) is 24.0 Å². The standard InChI is InChI=1S/C8H13NO/c10-6-2-1-3-8-4-5-9-7-8/h4-5,7,9-10H,1-3,6H2. The zero-order valence-electron chi connectivity index (χ0n) is 6.01. The van der Waals surface area contributed by atoms with Crippen LogP contribution in [0.2, 0.25) is 0 Å². The smallest absolute Gasteiger partial charge is 0.0431 e. The first-order chi connectivity index (χ1) is 4.93. The Morgan fingerprint density at radius 2 is 2.30 bits per heavy atom. The van der Waals surface area contributed by atoms with E-state index in [9.17, 15) is 0 Å². The molecule has 0 saturated carbocycles. The number of aromatic amines is 1. The highest BCUT2D eigenvalue weighted by molar-refractivity contribution is 5.07. The van der Waals surface area contributed by atoms with Crippen LogP contribution < -0.4 is 0 Å². The molecule has 2 nitrogen and oxygen atoms in total. The Bertz CT molecular complexity index is 158. The van der Waals surface area contributed by atoms with Gasteiger partial charge >= 0.3 is 0 Å². The molecule has 0 radical (unpaired) electrons. The van der Waals surface area contributed by atoms with Crippen LogP contribution in [0.1, 0.15) is 18.4 Å². The highest BCUT2D eigenvalue weighted by Gasteiger charge is 1.90. The summed E-state index contributed by atoms with van der Waals surface area (Å²) in [7, 11) is 0. The van der Waals surface area contributed by atoms with E-state index in [1.165, 1.54) is 5.56 Å². The van der Waals surface area contributed by atoms with Gasteiger partial charge in [-0.3, -0.25) is 0 Å². The molecule has 0 amide bonds. The third-order valence-electron chi connectivity index (χ3n) is 1.54. The van der Waals surface area contributed by atoms with E-state index in [4.69, 9.17) is 5.11 Å². The number of aromatic nitrogens is 1. The van der Waals surface area contributed by atoms with Crippen LogP contribution in [0, 0.1) is 0 Å². The largest absolute Gasteiger partial charge is 0.396 e. The van der Waals surface area contributed by atoms with Crippen LogP contribution in [0.5, 0.6) is 0 Å². The molecule has 0 saturated heterocycles. The van der Waals surface area contributed by atoms with Gasteiger partial charge in [0.1, 0.15) is 0 Å². The summed E-state index contributed by atoms with van der Waals surface area (Å²) in [5.74, 6) is 0. The Morgan fingerprint density at radius 1 is 1.40 bits per heavy atom. The van der Waals surface area contributed by atoms with Gasteiger partial charge in [-0.2, -0.15) is 0 Å². The third-order valence-corrected chi connectivity index (χ3v) is 1.54. The molecule has 0 aliphatic rings. The lowest BCUT2D eigenvalue weighted by atomic mass is 10.1. The van der Waals surface area contributed by atoms with Gasteiger partial charge in [0, 0.05) is 19.0 Å². The lowest BCUT2D eigenvalue weighted by Gasteiger charge is -1.93. The van der Waals surface area contributed by atoms with Crippen LogP contribution >= 0.6 is 0 Å². The van der Waals surface area contributed by atoms with Crippen molar-refractivity contribution in [2.45, 2.75) is 19.3 Å². The average Bonchev–Trinajstić information content (AvgIpc) is 2.41. The molecule has 1 heterocycles. The van der Waals surface area contributed by atoms with E-state index < -0.39 is 0 Å². The predicted octanol–water partition coefficient (Wildman–Crippen LogP) is 1.33. The van der Waals surface area contributed by atoms with Crippen LogP contribution in [-0.4, -0.2) is 16.7 Å². The molecule has 2 N–H and O–H groups in total. The second-order valence-electron chi connectivity index (χ2n) is 2.40. The summed E-state index contributed by atoms with van der Waals surface area (Å²) in [5.41, 5.74) is 1.33. The van der Waals surface area contributed by atoms with E-state index in [1.807, 2.05) is 12.4 Å². The summed E-state index contributed by atoms with van der Waals surface area (Å²) >= 11 is 0. The molecule has 0 aromatic carbocycles. The number of aryl methyl sites for hydroxylation is 1. The Kier molecular flexibility index (Phi) is 3.03. The molecule has 0 atom stereocenters. The second kappa shape index (κ2) is 4.12. The van der Waals surface area contributed by atoms with Crippen molar-refractivity contribution in [3.8, 4) is 0 Å². The van der Waals surface area contributed by atoms with E-state index in [0.717, 1.165) is 19.3 Å². The van der Waals surface area contributed by atoms with Crippen molar-refractivity contribution >= 4 is 0 Å². The minimum atomic E-state index is 0.310. The number of rotatable bonds is 4. The summed E-state index contributed by atoms with van der Waals surface area (Å²) in [6.45, 7) is 0.310. The summed E-state index contributed by atoms with van der Waals surface area (Å²) in [5, 5.41) is 8.49. The van der Waals surface area contributed by atoms with Crippen LogP contribution in [0.25, 0.3) is 0 Å². The maximum absolute atomic E-state index is 8.49. The van der Waals surface area contributed by atoms with Crippen molar-refractivity contribution < 1.29 is 5.11 Å². The molecule has 0 aliphatic heterocycles. The monoisotopic (exact) mass is 139 g/mol. The molecule has 0 unspecified atom stereocenters. The molecule has 1 aromatic rings. The molecule has 0 fully saturated rings. The quantitative estimate of drug-likeness (QED) is 0.606. The fourth-order valence-electron chi connectivity index (χ4n) is 0.955. The first kappa shape index (κ1) is 7.35. The Labute approximate surface area is 60.9 Å². The van der Waals surface area contributed by atoms with Crippen molar-refractivity contribution in [2.75, 3.05) is 6.61 Å². The minimum Gasteiger partial charge on any atom is -0.396 e. The van der Waals surface area contributed by atoms with Crippen molar-refractivity contribution in [3.63, 3.8) is 0 Å². The molecule has 1 aromatic heterocycles. The zero-order chi connectivity index (χ0) is 7.23. The topological polar surface area (TPSA) is 36.0 Å². The number of aliphatic hydroxyl groups excluding tert-OH is 1. The van der Waals surface area contributed by atoms with E-state index in [-0.39, 0.29) is 0 Å². The van der Waals surface area contributed by atoms with Gasteiger partial charge in [-0.1, -0.05) is 0 Å². The first-order valence-electron chi connectivity index (χ1n) is 3.66. The number of hydrogen-bond acceptors (Lipinski definition) is 1. The Morgan fingerprint density at radius 3 is 2.90 bits per heavy atom. The average molecular weight is 139 g/mol. The number of H-pyrrole nitrogens is 1. The number of nitrogens with one attached hydrogen (secondary N) is 1. The maximum Gasteiger partial charge on any atom is 0.0431 e. The van der Waals surface area contributed by atoms with Crippen LogP contribution in [0.4, 0.5) is 0 Å². The van der Waals surface area contributed by atoms with Gasteiger partial charge in [0.2, 0.25) is 0 Å². The van der Waals surface area contributed by atoms with Crippen molar-refractivity contribution in [2.24, 2.45) is 0 Å². The van der Waals surface area contributed by atoms with Gasteiger partial charge in [0.25, 0.3) is 0 Å². The van der Waals surface area contributed by atoms with E-state index in [0.29, 0.717) is 6.61 Å². The SMILES string of the molecule is OCCCCc1cc[nH]c1. The molecule has 0 spiro atoms. The predicted molar refractivity (Wildman–Crippen MR) is 40.8 cm³/mol. The van der Waals surface area contributed by atoms with E-state index in [2.05, 4.69) is 11.1 Å². The normalized spacial score (nSPS) is 10.1. The first-order valence-corrected chi connectivity index (χ1v) is 3.66. The lowest BCUT2D eigenvalue weighted by Crippen LogP contribution is -1.85. The maximum atomic E-state index is 8.49. The lowest BCUT2D eigenvalue weighted by molar-refractivity contribution is 0.284. The molecule has 2 heteroatoms. The van der Waals surface area contributed by atoms with Crippen molar-refractivity contribution in [1.29, 1.82) is 0 Å². The van der Waals surface area contributed by atoms with Gasteiger partial charge in [-0.25, -0.2) is 0 Å². The minimum absolute atomic E-state index is 0.310. The summed E-state index contributed by atoms with van der Waals surface area (Å²) < 4.78 is 0. The molecular formula is C8H13NO. The van der Waals surface area contributed by atoms with Crippen LogP contribution in [-0.2, 0) is 6.42 Å². The van der Waals surface area contributed by atoms with Gasteiger partial charge in [-0.05, 0) is 30.9 Å². The summed E-state index contributed by atoms with van der Waals surface area (Å²) in [4.78, 5) is 2.99. The van der Waals surface area contributed by atoms with Gasteiger partial charge in [0.05, 0.1) is 0 Å². The third kappa shape index (κ3) is 2.23. The van der Waals surface area contributed by atoms with Gasteiger partial charge in [0.15, 0.2) is 0 Å². The van der Waals surface area contributed by atoms with E-state index in [1.54, 1.807) is 0 Å². The molecule has 10 heavy (non-hydrogen) atoms. The highest BCUT2D eigenvalue weighted by Crippen LogP contribution is 2.02. The van der Waals surface area contributed by atoms with E-state index >= 15 is 0 Å². The molecule has 56 valence electrons. The van der Waals surface area contributed by atoms with Crippen LogP contribution in [0.15, 0.2) is 18.5 Å². The Hall–Kier alpha value is -0.760. The van der Waals surface area contributed by atoms with Crippen molar-refractivity contribution in [1.82, 2.24) is 4.98 Å². The number of unbranched alkanes of at least 4 members (excludes halogenated alkanes) is 1. The molecule has 1 rings (SSSR count). The number of aliphatic hydroxyl groups is 1.